The number of aromatic nitrogens is 4. The van der Waals surface area contributed by atoms with Gasteiger partial charge in [0.15, 0.2) is 0 Å². The van der Waals surface area contributed by atoms with Crippen LogP contribution in [-0.2, 0) is 59.2 Å². The highest BCUT2D eigenvalue weighted by atomic mass is 32.2. The molecule has 0 saturated carbocycles. The van der Waals surface area contributed by atoms with Crippen molar-refractivity contribution in [3.05, 3.63) is 97.1 Å². The predicted molar refractivity (Wildman–Crippen MR) is 273 cm³/mol. The third-order valence-corrected chi connectivity index (χ3v) is 14.4. The van der Waals surface area contributed by atoms with Crippen molar-refractivity contribution in [2.24, 2.45) is 0 Å². The van der Waals surface area contributed by atoms with Gasteiger partial charge in [-0.2, -0.15) is 0 Å². The molecule has 0 spiro atoms. The van der Waals surface area contributed by atoms with Crippen LogP contribution in [0.15, 0.2) is 117 Å². The molecule has 380 valence electrons. The van der Waals surface area contributed by atoms with Crippen LogP contribution < -0.4 is 10.6 Å². The Balaban J connectivity index is 0.000000261. The lowest BCUT2D eigenvalue weighted by molar-refractivity contribution is -0.00719. The Kier molecular flexibility index (Phi) is 18.6. The van der Waals surface area contributed by atoms with Gasteiger partial charge in [-0.15, -0.1) is 0 Å². The summed E-state index contributed by atoms with van der Waals surface area (Å²) in [5.74, 6) is 0.346. The Bertz CT molecular complexity index is 2760. The first-order valence-electron chi connectivity index (χ1n) is 22.0. The van der Waals surface area contributed by atoms with Gasteiger partial charge in [-0.25, -0.2) is 28.7 Å². The summed E-state index contributed by atoms with van der Waals surface area (Å²) in [5, 5.41) is 5.17. The van der Waals surface area contributed by atoms with Gasteiger partial charge in [0, 0.05) is 19.6 Å². The molecular weight excluding hydrogens is 979 g/mol. The van der Waals surface area contributed by atoms with E-state index >= 15 is 0 Å². The van der Waals surface area contributed by atoms with Gasteiger partial charge in [0.25, 0.3) is 0 Å². The molecule has 2 amide bonds. The van der Waals surface area contributed by atoms with Gasteiger partial charge in [0.05, 0.1) is 58.7 Å². The smallest absolute Gasteiger partial charge is 0.453 e. The van der Waals surface area contributed by atoms with Crippen molar-refractivity contribution in [2.45, 2.75) is 139 Å². The number of phosphoric ester groups is 2. The number of rotatable bonds is 16. The molecule has 0 bridgehead atoms. The second-order valence-electron chi connectivity index (χ2n) is 19.3. The van der Waals surface area contributed by atoms with Crippen molar-refractivity contribution in [1.29, 1.82) is 0 Å². The van der Waals surface area contributed by atoms with Crippen LogP contribution >= 0.6 is 39.2 Å². The van der Waals surface area contributed by atoms with E-state index in [4.69, 9.17) is 36.6 Å². The molecule has 0 saturated heterocycles. The molecule has 70 heavy (non-hydrogen) atoms. The van der Waals surface area contributed by atoms with E-state index in [2.05, 4.69) is 20.6 Å². The fraction of sp³-hybridized carbons (Fsp3) is 0.417. The topological polar surface area (TPSA) is 202 Å². The van der Waals surface area contributed by atoms with Crippen molar-refractivity contribution < 1.29 is 55.3 Å². The van der Waals surface area contributed by atoms with E-state index in [1.54, 1.807) is 116 Å². The molecule has 2 N–H and O–H groups in total. The van der Waals surface area contributed by atoms with Crippen molar-refractivity contribution in [1.82, 2.24) is 19.1 Å². The molecule has 0 aliphatic rings. The number of imidazole rings is 2. The summed E-state index contributed by atoms with van der Waals surface area (Å²) >= 11 is 3.17. The molecule has 2 heterocycles. The van der Waals surface area contributed by atoms with Crippen LogP contribution in [0.1, 0.15) is 83.1 Å². The molecule has 4 aromatic carbocycles. The number of benzene rings is 4. The summed E-state index contributed by atoms with van der Waals surface area (Å²) in [6.07, 6.45) is -1.39. The van der Waals surface area contributed by atoms with Crippen molar-refractivity contribution >= 4 is 85.3 Å². The van der Waals surface area contributed by atoms with Crippen LogP contribution in [-0.4, -0.2) is 67.9 Å². The predicted octanol–water partition coefficient (Wildman–Crippen LogP) is 14.2. The molecule has 6 rings (SSSR count). The monoisotopic (exact) mass is 1040 g/mol. The van der Waals surface area contributed by atoms with E-state index in [9.17, 15) is 18.7 Å². The maximum Gasteiger partial charge on any atom is 0.477 e. The van der Waals surface area contributed by atoms with Gasteiger partial charge in [0.1, 0.15) is 13.5 Å². The van der Waals surface area contributed by atoms with Crippen molar-refractivity contribution in [3.8, 4) is 0 Å². The quantitative estimate of drug-likeness (QED) is 0.0866. The molecule has 2 aromatic heterocycles. The fourth-order valence-corrected chi connectivity index (χ4v) is 11.3. The lowest BCUT2D eigenvalue weighted by atomic mass is 10.2. The summed E-state index contributed by atoms with van der Waals surface area (Å²) in [6.45, 7) is 20.7. The number of methoxy groups -OCH3 is 2. The number of phosphoric acid groups is 2. The molecule has 0 fully saturated rings. The Morgan fingerprint density at radius 2 is 0.871 bits per heavy atom. The Hall–Kier alpha value is -4.72. The number of carbonyl (C=O) groups excluding carboxylic acids is 2. The Labute approximate surface area is 418 Å². The highest BCUT2D eigenvalue weighted by molar-refractivity contribution is 7.99. The number of amides is 2. The van der Waals surface area contributed by atoms with Gasteiger partial charge in [-0.05, 0) is 144 Å². The van der Waals surface area contributed by atoms with Crippen LogP contribution in [0.4, 0.5) is 21.5 Å². The van der Waals surface area contributed by atoms with E-state index in [1.807, 2.05) is 97.1 Å². The maximum atomic E-state index is 13.6. The summed E-state index contributed by atoms with van der Waals surface area (Å²) in [5.41, 5.74) is -0.593. The molecule has 0 unspecified atom stereocenters. The van der Waals surface area contributed by atoms with Crippen LogP contribution in [0.3, 0.4) is 0 Å². The molecule has 0 radical (unpaired) electrons. The van der Waals surface area contributed by atoms with E-state index in [0.29, 0.717) is 22.1 Å². The van der Waals surface area contributed by atoms with Crippen LogP contribution in [0, 0.1) is 0 Å². The molecular formula is C48H64N6O12P2S2. The minimum absolute atomic E-state index is 0.173. The number of hydrogen-bond donors (Lipinski definition) is 2. The normalized spacial score (nSPS) is 12.7. The number of anilines is 2. The minimum Gasteiger partial charge on any atom is -0.453 e. The van der Waals surface area contributed by atoms with Crippen molar-refractivity contribution in [3.63, 3.8) is 0 Å². The maximum absolute atomic E-state index is 13.6. The average molecular weight is 1040 g/mol. The highest BCUT2D eigenvalue weighted by Gasteiger charge is 2.39. The zero-order valence-corrected chi connectivity index (χ0v) is 45.5. The SMILES string of the molecule is COC(=O)Nc1nc2cc(Sc3ccccc3)ccc2n1COP(=O)(OC(C)(C)C)OC(C)(C)C.COC(=O)Nc1nc2ccc(Sc3ccccc3)cc2n1COP(=O)(OC(C)(C)C)OC(C)(C)C. The lowest BCUT2D eigenvalue weighted by Gasteiger charge is -2.31. The number of nitrogens with one attached hydrogen (secondary N) is 2. The van der Waals surface area contributed by atoms with Crippen LogP contribution in [0.2, 0.25) is 0 Å². The zero-order valence-electron chi connectivity index (χ0n) is 42.1. The minimum atomic E-state index is -4.01. The number of ether oxygens (including phenoxy) is 2. The zero-order chi connectivity index (χ0) is 51.7. The third kappa shape index (κ3) is 17.8. The van der Waals surface area contributed by atoms with E-state index < -0.39 is 50.2 Å². The second kappa shape index (κ2) is 23.2. The van der Waals surface area contributed by atoms with Gasteiger partial charge in [-0.1, -0.05) is 59.9 Å². The van der Waals surface area contributed by atoms with Crippen molar-refractivity contribution in [2.75, 3.05) is 24.9 Å². The van der Waals surface area contributed by atoms with Crippen LogP contribution in [0.25, 0.3) is 22.1 Å². The largest absolute Gasteiger partial charge is 0.477 e. The molecule has 0 atom stereocenters. The number of fused-ring (bicyclic) bond motifs is 2. The Morgan fingerprint density at radius 3 is 1.27 bits per heavy atom. The summed E-state index contributed by atoms with van der Waals surface area (Å²) < 4.78 is 74.1. The summed E-state index contributed by atoms with van der Waals surface area (Å²) in [6, 6.07) is 31.3. The standard InChI is InChI=1S/2C24H32N3O6PS/c1-23(2,3)32-34(29,33-24(4,5)6)31-16-27-20-14-13-18(35-17-11-9-8-10-12-17)15-19(20)25-21(27)26-22(28)30-7;1-23(2,3)32-34(29,33-24(4,5)6)31-16-27-20-15-18(35-17-11-9-8-10-12-17)13-14-19(20)25-21(27)26-22(28)30-7/h2*8-15H,16H2,1-7H3,(H,25,26,28). The van der Waals surface area contributed by atoms with Gasteiger partial charge < -0.3 is 9.47 Å². The van der Waals surface area contributed by atoms with E-state index in [-0.39, 0.29) is 25.4 Å². The number of carbonyl (C=O) groups is 2. The highest BCUT2D eigenvalue weighted by Crippen LogP contribution is 2.57. The summed E-state index contributed by atoms with van der Waals surface area (Å²) in [4.78, 5) is 37.0. The Morgan fingerprint density at radius 1 is 0.500 bits per heavy atom. The molecule has 18 nitrogen and oxygen atoms in total. The molecule has 0 aliphatic heterocycles. The molecule has 0 aliphatic carbocycles. The first-order chi connectivity index (χ1) is 32.5. The fourth-order valence-electron chi connectivity index (χ4n) is 6.07. The third-order valence-electron chi connectivity index (χ3n) is 8.43. The molecule has 6 aromatic rings. The van der Waals surface area contributed by atoms with Gasteiger partial charge >= 0.3 is 27.8 Å². The average Bonchev–Trinajstić information content (AvgIpc) is 3.75. The summed E-state index contributed by atoms with van der Waals surface area (Å²) in [7, 11) is -5.48. The first-order valence-corrected chi connectivity index (χ1v) is 26.6. The van der Waals surface area contributed by atoms with Gasteiger partial charge in [0.2, 0.25) is 11.9 Å². The second-order valence-corrected chi connectivity index (χ2v) is 24.6. The number of nitrogens with zero attached hydrogens (tertiary/aromatic N) is 4. The molecule has 22 heteroatoms. The number of hydrogen-bond acceptors (Lipinski definition) is 16. The van der Waals surface area contributed by atoms with Crippen LogP contribution in [0.5, 0.6) is 0 Å². The van der Waals surface area contributed by atoms with Gasteiger partial charge in [-0.3, -0.25) is 46.9 Å². The lowest BCUT2D eigenvalue weighted by Crippen LogP contribution is -2.25. The van der Waals surface area contributed by atoms with E-state index in [0.717, 1.165) is 19.6 Å². The first kappa shape index (κ1) is 56.2. The van der Waals surface area contributed by atoms with E-state index in [1.165, 1.54) is 14.2 Å².